The van der Waals surface area contributed by atoms with E-state index < -0.39 is 6.04 Å². The number of amides is 2. The van der Waals surface area contributed by atoms with Gasteiger partial charge < -0.3 is 16.0 Å². The Balaban J connectivity index is 1.96. The van der Waals surface area contributed by atoms with Crippen molar-refractivity contribution in [2.45, 2.75) is 57.0 Å². The van der Waals surface area contributed by atoms with Crippen LogP contribution in [-0.4, -0.2) is 41.9 Å². The Labute approximate surface area is 126 Å². The SMILES string of the molecule is C=CCNC(=O)[C@@H]1CCCN1C(=O)[C@@H](N)C1CCCCC1. The van der Waals surface area contributed by atoms with Crippen molar-refractivity contribution in [2.75, 3.05) is 13.1 Å². The van der Waals surface area contributed by atoms with E-state index in [-0.39, 0.29) is 23.8 Å². The number of hydrogen-bond acceptors (Lipinski definition) is 3. The van der Waals surface area contributed by atoms with Gasteiger partial charge in [-0.2, -0.15) is 0 Å². The van der Waals surface area contributed by atoms with Gasteiger partial charge in [0.15, 0.2) is 0 Å². The molecule has 2 amide bonds. The van der Waals surface area contributed by atoms with Crippen LogP contribution >= 0.6 is 0 Å². The first kappa shape index (κ1) is 16.0. The standard InChI is InChI=1S/C16H27N3O2/c1-2-10-18-15(20)13-9-6-11-19(13)16(21)14(17)12-7-4-3-5-8-12/h2,12-14H,1,3-11,17H2,(H,18,20)/t13-,14-/m0/s1. The highest BCUT2D eigenvalue weighted by Gasteiger charge is 2.38. The summed E-state index contributed by atoms with van der Waals surface area (Å²) in [6, 6.07) is -0.801. The van der Waals surface area contributed by atoms with Crippen LogP contribution in [0.25, 0.3) is 0 Å². The Bertz CT molecular complexity index is 391. The Hall–Kier alpha value is -1.36. The molecule has 0 spiro atoms. The van der Waals surface area contributed by atoms with Crippen LogP contribution in [0.3, 0.4) is 0 Å². The first-order chi connectivity index (χ1) is 10.1. The second-order valence-corrected chi connectivity index (χ2v) is 6.15. The largest absolute Gasteiger partial charge is 0.351 e. The van der Waals surface area contributed by atoms with Crippen LogP contribution in [0.15, 0.2) is 12.7 Å². The van der Waals surface area contributed by atoms with Gasteiger partial charge in [0, 0.05) is 13.1 Å². The number of hydrogen-bond donors (Lipinski definition) is 2. The molecule has 1 aliphatic heterocycles. The summed E-state index contributed by atoms with van der Waals surface area (Å²) in [4.78, 5) is 26.5. The molecule has 1 heterocycles. The van der Waals surface area contributed by atoms with Gasteiger partial charge in [0.1, 0.15) is 6.04 Å². The third-order valence-electron chi connectivity index (χ3n) is 4.70. The summed E-state index contributed by atoms with van der Waals surface area (Å²) < 4.78 is 0. The molecule has 2 rings (SSSR count). The molecule has 0 aromatic heterocycles. The molecule has 21 heavy (non-hydrogen) atoms. The third-order valence-corrected chi connectivity index (χ3v) is 4.70. The Kier molecular flexibility index (Phi) is 5.79. The highest BCUT2D eigenvalue weighted by molar-refractivity contribution is 5.90. The van der Waals surface area contributed by atoms with Gasteiger partial charge in [-0.1, -0.05) is 25.3 Å². The zero-order valence-electron chi connectivity index (χ0n) is 12.7. The van der Waals surface area contributed by atoms with E-state index in [4.69, 9.17) is 5.73 Å². The zero-order valence-corrected chi connectivity index (χ0v) is 12.7. The lowest BCUT2D eigenvalue weighted by Crippen LogP contribution is -2.53. The number of likely N-dealkylation sites (tertiary alicyclic amines) is 1. The van der Waals surface area contributed by atoms with Crippen LogP contribution in [-0.2, 0) is 9.59 Å². The van der Waals surface area contributed by atoms with Crippen molar-refractivity contribution in [3.05, 3.63) is 12.7 Å². The van der Waals surface area contributed by atoms with Gasteiger partial charge in [0.2, 0.25) is 11.8 Å². The fraction of sp³-hybridized carbons (Fsp3) is 0.750. The maximum atomic E-state index is 12.6. The van der Waals surface area contributed by atoms with Gasteiger partial charge in [-0.15, -0.1) is 6.58 Å². The highest BCUT2D eigenvalue weighted by Crippen LogP contribution is 2.28. The van der Waals surface area contributed by atoms with Crippen LogP contribution in [0, 0.1) is 5.92 Å². The van der Waals surface area contributed by atoms with Crippen molar-refractivity contribution in [1.82, 2.24) is 10.2 Å². The molecule has 5 heteroatoms. The predicted molar refractivity (Wildman–Crippen MR) is 82.5 cm³/mol. The van der Waals surface area contributed by atoms with Crippen LogP contribution in [0.2, 0.25) is 0 Å². The minimum atomic E-state index is -0.446. The molecular weight excluding hydrogens is 266 g/mol. The maximum absolute atomic E-state index is 12.6. The monoisotopic (exact) mass is 293 g/mol. The Morgan fingerprint density at radius 1 is 1.24 bits per heavy atom. The van der Waals surface area contributed by atoms with E-state index in [1.54, 1.807) is 11.0 Å². The first-order valence-corrected chi connectivity index (χ1v) is 8.10. The molecule has 2 fully saturated rings. The average molecular weight is 293 g/mol. The molecule has 0 aromatic carbocycles. The summed E-state index contributed by atoms with van der Waals surface area (Å²) >= 11 is 0. The lowest BCUT2D eigenvalue weighted by molar-refractivity contribution is -0.140. The van der Waals surface area contributed by atoms with E-state index >= 15 is 0 Å². The van der Waals surface area contributed by atoms with Gasteiger partial charge in [0.05, 0.1) is 6.04 Å². The van der Waals surface area contributed by atoms with E-state index in [9.17, 15) is 9.59 Å². The summed E-state index contributed by atoms with van der Waals surface area (Å²) in [7, 11) is 0. The molecule has 3 N–H and O–H groups in total. The normalized spacial score (nSPS) is 24.6. The molecule has 118 valence electrons. The third kappa shape index (κ3) is 3.84. The molecule has 5 nitrogen and oxygen atoms in total. The van der Waals surface area contributed by atoms with Crippen LogP contribution < -0.4 is 11.1 Å². The molecule has 2 atom stereocenters. The Morgan fingerprint density at radius 3 is 2.62 bits per heavy atom. The first-order valence-electron chi connectivity index (χ1n) is 8.10. The fourth-order valence-corrected chi connectivity index (χ4v) is 3.48. The van der Waals surface area contributed by atoms with Crippen molar-refractivity contribution in [3.63, 3.8) is 0 Å². The number of rotatable bonds is 5. The zero-order chi connectivity index (χ0) is 15.2. The van der Waals surface area contributed by atoms with Crippen molar-refractivity contribution in [1.29, 1.82) is 0 Å². The average Bonchev–Trinajstić information content (AvgIpc) is 3.01. The lowest BCUT2D eigenvalue weighted by Gasteiger charge is -2.32. The van der Waals surface area contributed by atoms with Gasteiger partial charge in [-0.3, -0.25) is 9.59 Å². The molecule has 1 aliphatic carbocycles. The van der Waals surface area contributed by atoms with Gasteiger partial charge in [-0.05, 0) is 31.6 Å². The van der Waals surface area contributed by atoms with E-state index in [0.29, 0.717) is 13.1 Å². The maximum Gasteiger partial charge on any atom is 0.243 e. The fourth-order valence-electron chi connectivity index (χ4n) is 3.48. The molecule has 0 aromatic rings. The van der Waals surface area contributed by atoms with Crippen LogP contribution in [0.5, 0.6) is 0 Å². The topological polar surface area (TPSA) is 75.4 Å². The second kappa shape index (κ2) is 7.59. The molecule has 1 saturated carbocycles. The number of carbonyl (C=O) groups excluding carboxylic acids is 2. The minimum absolute atomic E-state index is 0.0434. The molecular formula is C16H27N3O2. The summed E-state index contributed by atoms with van der Waals surface area (Å²) in [5.74, 6) is 0.151. The van der Waals surface area contributed by atoms with Crippen molar-refractivity contribution < 1.29 is 9.59 Å². The van der Waals surface area contributed by atoms with Crippen LogP contribution in [0.4, 0.5) is 0 Å². The smallest absolute Gasteiger partial charge is 0.243 e. The number of nitrogens with one attached hydrogen (secondary N) is 1. The van der Waals surface area contributed by atoms with Gasteiger partial charge in [0.25, 0.3) is 0 Å². The van der Waals surface area contributed by atoms with Gasteiger partial charge in [-0.25, -0.2) is 0 Å². The second-order valence-electron chi connectivity index (χ2n) is 6.15. The van der Waals surface area contributed by atoms with Crippen LogP contribution in [0.1, 0.15) is 44.9 Å². The summed E-state index contributed by atoms with van der Waals surface area (Å²) in [5.41, 5.74) is 6.20. The van der Waals surface area contributed by atoms with E-state index in [1.807, 2.05) is 0 Å². The van der Waals surface area contributed by atoms with E-state index in [0.717, 1.165) is 38.5 Å². The molecule has 0 radical (unpaired) electrons. The van der Waals surface area contributed by atoms with Crippen molar-refractivity contribution in [3.8, 4) is 0 Å². The molecule has 1 saturated heterocycles. The van der Waals surface area contributed by atoms with Crippen molar-refractivity contribution >= 4 is 11.8 Å². The summed E-state index contributed by atoms with van der Waals surface area (Å²) in [5, 5.41) is 2.79. The molecule has 0 bridgehead atoms. The highest BCUT2D eigenvalue weighted by atomic mass is 16.2. The van der Waals surface area contributed by atoms with Crippen molar-refractivity contribution in [2.24, 2.45) is 11.7 Å². The molecule has 0 unspecified atom stereocenters. The van der Waals surface area contributed by atoms with E-state index in [1.165, 1.54) is 6.42 Å². The lowest BCUT2D eigenvalue weighted by atomic mass is 9.83. The Morgan fingerprint density at radius 2 is 1.95 bits per heavy atom. The van der Waals surface area contributed by atoms with Gasteiger partial charge >= 0.3 is 0 Å². The number of carbonyl (C=O) groups is 2. The summed E-state index contributed by atoms with van der Waals surface area (Å²) in [6.07, 6.45) is 8.88. The quantitative estimate of drug-likeness (QED) is 0.748. The summed E-state index contributed by atoms with van der Waals surface area (Å²) in [6.45, 7) is 4.67. The molecule has 2 aliphatic rings. The number of nitrogens with zero attached hydrogens (tertiary/aromatic N) is 1. The minimum Gasteiger partial charge on any atom is -0.351 e. The van der Waals surface area contributed by atoms with E-state index in [2.05, 4.69) is 11.9 Å². The number of nitrogens with two attached hydrogens (primary N) is 1. The predicted octanol–water partition coefficient (Wildman–Crippen LogP) is 1.19.